The summed E-state index contributed by atoms with van der Waals surface area (Å²) in [6.45, 7) is 1.95. The number of aryl methyl sites for hydroxylation is 1. The fourth-order valence-corrected chi connectivity index (χ4v) is 2.32. The van der Waals surface area contributed by atoms with Crippen molar-refractivity contribution in [3.8, 4) is 0 Å². The molecule has 0 radical (unpaired) electrons. The summed E-state index contributed by atoms with van der Waals surface area (Å²) in [5.41, 5.74) is 5.80. The summed E-state index contributed by atoms with van der Waals surface area (Å²) < 4.78 is 0. The van der Waals surface area contributed by atoms with Crippen molar-refractivity contribution in [2.45, 2.75) is 6.92 Å². The third kappa shape index (κ3) is 3.68. The van der Waals surface area contributed by atoms with E-state index in [1.54, 1.807) is 6.21 Å². The van der Waals surface area contributed by atoms with Crippen molar-refractivity contribution < 1.29 is 0 Å². The lowest BCUT2D eigenvalue weighted by molar-refractivity contribution is 1.13. The van der Waals surface area contributed by atoms with Gasteiger partial charge in [0.15, 0.2) is 0 Å². The van der Waals surface area contributed by atoms with E-state index in [9.17, 15) is 0 Å². The number of aromatic nitrogens is 1. The molecule has 0 unspecified atom stereocenters. The van der Waals surface area contributed by atoms with Crippen LogP contribution in [0.4, 0.5) is 10.8 Å². The third-order valence-electron chi connectivity index (χ3n) is 2.48. The second kappa shape index (κ2) is 6.04. The number of anilines is 2. The zero-order chi connectivity index (χ0) is 13.8. The van der Waals surface area contributed by atoms with Gasteiger partial charge < -0.3 is 4.90 Å². The first-order valence-corrected chi connectivity index (χ1v) is 7.00. The first-order valence-electron chi connectivity index (χ1n) is 5.74. The summed E-state index contributed by atoms with van der Waals surface area (Å²) in [6.07, 6.45) is 1.69. The minimum Gasteiger partial charge on any atom is -0.378 e. The molecule has 6 heteroatoms. The topological polar surface area (TPSA) is 40.5 Å². The second-order valence-corrected chi connectivity index (χ2v) is 5.53. The Hall–Kier alpha value is -1.59. The maximum atomic E-state index is 6.20. The molecule has 2 rings (SSSR count). The number of nitrogens with zero attached hydrogens (tertiary/aromatic N) is 3. The van der Waals surface area contributed by atoms with Crippen LogP contribution in [0, 0.1) is 6.92 Å². The van der Waals surface area contributed by atoms with Crippen LogP contribution < -0.4 is 10.3 Å². The van der Waals surface area contributed by atoms with E-state index in [2.05, 4.69) is 15.5 Å². The highest BCUT2D eigenvalue weighted by molar-refractivity contribution is 7.13. The fraction of sp³-hybridized carbons (Fsp3) is 0.231. The van der Waals surface area contributed by atoms with Gasteiger partial charge in [0.1, 0.15) is 0 Å². The standard InChI is InChI=1S/C13H15ClN4S/c1-9-8-19-13(16-9)17-15-7-10-4-5-11(18(2)3)6-12(10)14/h4-8H,1-3H3,(H,16,17). The largest absolute Gasteiger partial charge is 0.378 e. The zero-order valence-corrected chi connectivity index (χ0v) is 12.6. The Morgan fingerprint density at radius 2 is 2.21 bits per heavy atom. The maximum absolute atomic E-state index is 6.20. The van der Waals surface area contributed by atoms with Gasteiger partial charge >= 0.3 is 0 Å². The van der Waals surface area contributed by atoms with Gasteiger partial charge in [0.2, 0.25) is 5.13 Å². The van der Waals surface area contributed by atoms with E-state index < -0.39 is 0 Å². The average molecular weight is 295 g/mol. The predicted molar refractivity (Wildman–Crippen MR) is 83.8 cm³/mol. The van der Waals surface area contributed by atoms with E-state index in [-0.39, 0.29) is 0 Å². The minimum absolute atomic E-state index is 0.673. The highest BCUT2D eigenvalue weighted by atomic mass is 35.5. The van der Waals surface area contributed by atoms with E-state index >= 15 is 0 Å². The lowest BCUT2D eigenvalue weighted by atomic mass is 10.2. The molecule has 2 aromatic rings. The van der Waals surface area contributed by atoms with Gasteiger partial charge in [-0.2, -0.15) is 5.10 Å². The zero-order valence-electron chi connectivity index (χ0n) is 11.0. The number of rotatable bonds is 4. The highest BCUT2D eigenvalue weighted by Crippen LogP contribution is 2.21. The molecule has 0 bridgehead atoms. The van der Waals surface area contributed by atoms with Crippen molar-refractivity contribution in [2.24, 2.45) is 5.10 Å². The molecule has 0 amide bonds. The summed E-state index contributed by atoms with van der Waals surface area (Å²) >= 11 is 7.72. The lowest BCUT2D eigenvalue weighted by Crippen LogP contribution is -2.08. The number of nitrogens with one attached hydrogen (secondary N) is 1. The van der Waals surface area contributed by atoms with Crippen molar-refractivity contribution in [3.63, 3.8) is 0 Å². The van der Waals surface area contributed by atoms with Crippen molar-refractivity contribution in [2.75, 3.05) is 24.4 Å². The Bertz CT molecular complexity index is 592. The SMILES string of the molecule is Cc1csc(NN=Cc2ccc(N(C)C)cc2Cl)n1. The fourth-order valence-electron chi connectivity index (χ4n) is 1.46. The smallest absolute Gasteiger partial charge is 0.203 e. The number of hydrazone groups is 1. The van der Waals surface area contributed by atoms with Gasteiger partial charge in [0.05, 0.1) is 16.9 Å². The normalized spacial score (nSPS) is 10.9. The summed E-state index contributed by atoms with van der Waals surface area (Å²) in [5.74, 6) is 0. The molecule has 0 saturated carbocycles. The van der Waals surface area contributed by atoms with Gasteiger partial charge in [-0.3, -0.25) is 5.43 Å². The van der Waals surface area contributed by atoms with Crippen LogP contribution in [0.1, 0.15) is 11.3 Å². The Balaban J connectivity index is 2.06. The van der Waals surface area contributed by atoms with Gasteiger partial charge in [-0.25, -0.2) is 4.98 Å². The number of benzene rings is 1. The molecular weight excluding hydrogens is 280 g/mol. The molecule has 4 nitrogen and oxygen atoms in total. The Labute approximate surface area is 121 Å². The van der Waals surface area contributed by atoms with Crippen molar-refractivity contribution in [1.82, 2.24) is 4.98 Å². The Kier molecular flexibility index (Phi) is 4.39. The van der Waals surface area contributed by atoms with Crippen LogP contribution >= 0.6 is 22.9 Å². The van der Waals surface area contributed by atoms with E-state index in [1.807, 2.05) is 49.5 Å². The molecule has 1 aromatic carbocycles. The maximum Gasteiger partial charge on any atom is 0.203 e. The summed E-state index contributed by atoms with van der Waals surface area (Å²) in [5, 5.41) is 7.55. The average Bonchev–Trinajstić information content (AvgIpc) is 2.77. The Morgan fingerprint density at radius 1 is 1.42 bits per heavy atom. The van der Waals surface area contributed by atoms with E-state index in [1.165, 1.54) is 11.3 Å². The summed E-state index contributed by atoms with van der Waals surface area (Å²) in [6, 6.07) is 5.85. The molecular formula is C13H15ClN4S. The molecule has 19 heavy (non-hydrogen) atoms. The molecule has 0 spiro atoms. The van der Waals surface area contributed by atoms with Crippen molar-refractivity contribution in [3.05, 3.63) is 39.9 Å². The van der Waals surface area contributed by atoms with Crippen LogP contribution in [0.2, 0.25) is 5.02 Å². The van der Waals surface area contributed by atoms with Crippen LogP contribution in [0.3, 0.4) is 0 Å². The van der Waals surface area contributed by atoms with Crippen LogP contribution in [0.25, 0.3) is 0 Å². The monoisotopic (exact) mass is 294 g/mol. The molecule has 0 aliphatic carbocycles. The Morgan fingerprint density at radius 3 is 2.79 bits per heavy atom. The third-order valence-corrected chi connectivity index (χ3v) is 3.68. The van der Waals surface area contributed by atoms with Gasteiger partial charge in [0, 0.05) is 30.7 Å². The van der Waals surface area contributed by atoms with Gasteiger partial charge in [-0.1, -0.05) is 11.6 Å². The highest BCUT2D eigenvalue weighted by Gasteiger charge is 2.01. The number of hydrogen-bond acceptors (Lipinski definition) is 5. The first kappa shape index (κ1) is 13.8. The number of hydrogen-bond donors (Lipinski definition) is 1. The van der Waals surface area contributed by atoms with Crippen LogP contribution in [-0.4, -0.2) is 25.3 Å². The number of thiazole rings is 1. The van der Waals surface area contributed by atoms with Gasteiger partial charge in [0.25, 0.3) is 0 Å². The van der Waals surface area contributed by atoms with Crippen LogP contribution in [-0.2, 0) is 0 Å². The van der Waals surface area contributed by atoms with Gasteiger partial charge in [-0.15, -0.1) is 11.3 Å². The van der Waals surface area contributed by atoms with Crippen LogP contribution in [0.5, 0.6) is 0 Å². The van der Waals surface area contributed by atoms with E-state index in [0.29, 0.717) is 5.02 Å². The molecule has 0 fully saturated rings. The first-order chi connectivity index (χ1) is 9.06. The molecule has 0 aliphatic rings. The second-order valence-electron chi connectivity index (χ2n) is 4.26. The summed E-state index contributed by atoms with van der Waals surface area (Å²) in [7, 11) is 3.96. The molecule has 1 N–H and O–H groups in total. The predicted octanol–water partition coefficient (Wildman–Crippen LogP) is 3.62. The van der Waals surface area contributed by atoms with Gasteiger partial charge in [-0.05, 0) is 25.1 Å². The van der Waals surface area contributed by atoms with E-state index in [4.69, 9.17) is 11.6 Å². The van der Waals surface area contributed by atoms with E-state index in [0.717, 1.165) is 22.1 Å². The molecule has 0 aliphatic heterocycles. The molecule has 100 valence electrons. The van der Waals surface area contributed by atoms with Crippen LogP contribution in [0.15, 0.2) is 28.7 Å². The molecule has 0 saturated heterocycles. The molecule has 0 atom stereocenters. The number of halogens is 1. The quantitative estimate of drug-likeness (QED) is 0.692. The minimum atomic E-state index is 0.673. The van der Waals surface area contributed by atoms with Crippen molar-refractivity contribution >= 4 is 40.0 Å². The lowest BCUT2D eigenvalue weighted by Gasteiger charge is -2.12. The molecule has 1 aromatic heterocycles. The summed E-state index contributed by atoms with van der Waals surface area (Å²) in [4.78, 5) is 6.26. The molecule has 1 heterocycles. The van der Waals surface area contributed by atoms with Crippen molar-refractivity contribution in [1.29, 1.82) is 0 Å².